The fourth-order valence-corrected chi connectivity index (χ4v) is 3.76. The van der Waals surface area contributed by atoms with Crippen LogP contribution in [-0.2, 0) is 6.54 Å². The molecular weight excluding hydrogens is 486 g/mol. The first-order valence-corrected chi connectivity index (χ1v) is 10.9. The molecule has 0 saturated carbocycles. The summed E-state index contributed by atoms with van der Waals surface area (Å²) in [6.45, 7) is 0.567. The highest BCUT2D eigenvalue weighted by molar-refractivity contribution is 9.10. The van der Waals surface area contributed by atoms with E-state index in [1.807, 2.05) is 47.2 Å². The number of aromatic nitrogens is 3. The van der Waals surface area contributed by atoms with Crippen LogP contribution in [0.2, 0.25) is 0 Å². The minimum Gasteiger partial charge on any atom is -0.495 e. The average Bonchev–Trinajstić information content (AvgIpc) is 3.28. The van der Waals surface area contributed by atoms with Gasteiger partial charge in [0.1, 0.15) is 17.3 Å². The Morgan fingerprint density at radius 1 is 0.939 bits per heavy atom. The van der Waals surface area contributed by atoms with E-state index in [4.69, 9.17) is 9.47 Å². The molecule has 0 bridgehead atoms. The molecule has 0 aliphatic carbocycles. The lowest BCUT2D eigenvalue weighted by Gasteiger charge is -2.15. The molecule has 2 amide bonds. The number of amides is 2. The number of methoxy groups -OCH3 is 2. The molecule has 2 heterocycles. The largest absolute Gasteiger partial charge is 0.495 e. The summed E-state index contributed by atoms with van der Waals surface area (Å²) in [6.07, 6.45) is 7.15. The summed E-state index contributed by atoms with van der Waals surface area (Å²) >= 11 is 3.41. The molecule has 4 aromatic rings. The van der Waals surface area contributed by atoms with Gasteiger partial charge in [-0.15, -0.1) is 0 Å². The fraction of sp³-hybridized carbons (Fsp3) is 0.125. The summed E-state index contributed by atoms with van der Waals surface area (Å²) < 4.78 is 13.6. The molecule has 0 aliphatic heterocycles. The van der Waals surface area contributed by atoms with Gasteiger partial charge in [0, 0.05) is 41.4 Å². The summed E-state index contributed by atoms with van der Waals surface area (Å²) in [5.41, 5.74) is 3.04. The molecule has 0 saturated heterocycles. The Morgan fingerprint density at radius 3 is 2.30 bits per heavy atom. The van der Waals surface area contributed by atoms with Gasteiger partial charge in [-0.2, -0.15) is 0 Å². The van der Waals surface area contributed by atoms with Gasteiger partial charge in [-0.1, -0.05) is 22.0 Å². The Kier molecular flexibility index (Phi) is 6.89. The molecule has 2 N–H and O–H groups in total. The lowest BCUT2D eigenvalue weighted by molar-refractivity contribution is 0.262. The second-order valence-electron chi connectivity index (χ2n) is 7.07. The van der Waals surface area contributed by atoms with Crippen LogP contribution in [0, 0.1) is 0 Å². The first kappa shape index (κ1) is 22.3. The van der Waals surface area contributed by atoms with E-state index < -0.39 is 6.03 Å². The van der Waals surface area contributed by atoms with Crippen molar-refractivity contribution in [2.45, 2.75) is 6.54 Å². The zero-order valence-electron chi connectivity index (χ0n) is 18.1. The van der Waals surface area contributed by atoms with Crippen LogP contribution in [0.15, 0.2) is 77.8 Å². The highest BCUT2D eigenvalue weighted by atomic mass is 79.9. The number of nitrogens with zero attached hydrogens (tertiary/aromatic N) is 3. The van der Waals surface area contributed by atoms with Crippen molar-refractivity contribution in [2.75, 3.05) is 24.9 Å². The second-order valence-corrected chi connectivity index (χ2v) is 7.99. The Labute approximate surface area is 199 Å². The van der Waals surface area contributed by atoms with Gasteiger partial charge in [0.2, 0.25) is 0 Å². The third-order valence-electron chi connectivity index (χ3n) is 4.93. The van der Waals surface area contributed by atoms with Crippen molar-refractivity contribution in [1.29, 1.82) is 0 Å². The van der Waals surface area contributed by atoms with E-state index >= 15 is 0 Å². The van der Waals surface area contributed by atoms with Crippen molar-refractivity contribution in [3.8, 4) is 22.9 Å². The number of urea groups is 1. The van der Waals surface area contributed by atoms with Gasteiger partial charge in [-0.25, -0.2) is 9.78 Å². The summed E-state index contributed by atoms with van der Waals surface area (Å²) in [5.74, 6) is 1.94. The number of hydrogen-bond donors (Lipinski definition) is 2. The lowest BCUT2D eigenvalue weighted by atomic mass is 10.1. The van der Waals surface area contributed by atoms with Crippen molar-refractivity contribution in [3.63, 3.8) is 0 Å². The fourth-order valence-electron chi connectivity index (χ4n) is 3.40. The molecule has 8 nitrogen and oxygen atoms in total. The monoisotopic (exact) mass is 507 g/mol. The van der Waals surface area contributed by atoms with Crippen LogP contribution in [0.1, 0.15) is 5.56 Å². The highest BCUT2D eigenvalue weighted by Crippen LogP contribution is 2.30. The molecule has 9 heteroatoms. The van der Waals surface area contributed by atoms with E-state index in [0.29, 0.717) is 29.4 Å². The molecule has 2 aromatic heterocycles. The Hall–Kier alpha value is -3.85. The van der Waals surface area contributed by atoms with Gasteiger partial charge in [0.05, 0.1) is 25.6 Å². The van der Waals surface area contributed by atoms with Crippen LogP contribution in [0.3, 0.4) is 0 Å². The lowest BCUT2D eigenvalue weighted by Crippen LogP contribution is -2.20. The van der Waals surface area contributed by atoms with Crippen LogP contribution < -0.4 is 20.1 Å². The molecule has 4 rings (SSSR count). The summed E-state index contributed by atoms with van der Waals surface area (Å²) in [4.78, 5) is 21.3. The maximum atomic E-state index is 12.7. The van der Waals surface area contributed by atoms with E-state index in [1.165, 1.54) is 0 Å². The highest BCUT2D eigenvalue weighted by Gasteiger charge is 2.13. The molecule has 0 aliphatic rings. The van der Waals surface area contributed by atoms with Crippen molar-refractivity contribution < 1.29 is 14.3 Å². The number of rotatable bonds is 7. The maximum Gasteiger partial charge on any atom is 0.323 e. The van der Waals surface area contributed by atoms with Crippen LogP contribution in [0.25, 0.3) is 11.4 Å². The normalized spacial score (nSPS) is 10.5. The summed E-state index contributed by atoms with van der Waals surface area (Å²) in [7, 11) is 3.11. The standard InChI is InChI=1S/C24H22BrN5O3/c1-32-21-5-3-16(15-30-12-11-27-23(30)17-7-9-26-10-8-17)13-19(21)28-24(31)29-20-14-18(25)4-6-22(20)33-2/h3-14H,15H2,1-2H3,(H2,28,29,31). The van der Waals surface area contributed by atoms with E-state index in [0.717, 1.165) is 21.4 Å². The van der Waals surface area contributed by atoms with Crippen molar-refractivity contribution >= 4 is 33.3 Å². The number of halogens is 1. The van der Waals surface area contributed by atoms with Crippen LogP contribution >= 0.6 is 15.9 Å². The Bertz CT molecular complexity index is 1260. The molecule has 0 unspecified atom stereocenters. The van der Waals surface area contributed by atoms with Crippen LogP contribution in [0.4, 0.5) is 16.2 Å². The van der Waals surface area contributed by atoms with Gasteiger partial charge in [-0.05, 0) is 48.0 Å². The average molecular weight is 508 g/mol. The molecule has 0 atom stereocenters. The zero-order chi connectivity index (χ0) is 23.2. The summed E-state index contributed by atoms with van der Waals surface area (Å²) in [5, 5.41) is 5.68. The summed E-state index contributed by atoms with van der Waals surface area (Å²) in [6, 6.07) is 14.5. The number of hydrogen-bond acceptors (Lipinski definition) is 5. The number of anilines is 2. The van der Waals surface area contributed by atoms with Gasteiger partial charge in [0.25, 0.3) is 0 Å². The molecule has 0 radical (unpaired) electrons. The number of benzene rings is 2. The molecule has 0 spiro atoms. The predicted molar refractivity (Wildman–Crippen MR) is 131 cm³/mol. The first-order valence-electron chi connectivity index (χ1n) is 10.1. The topological polar surface area (TPSA) is 90.3 Å². The van der Waals surface area contributed by atoms with Crippen molar-refractivity contribution in [1.82, 2.24) is 14.5 Å². The molecule has 33 heavy (non-hydrogen) atoms. The number of imidazole rings is 1. The SMILES string of the molecule is COc1ccc(Br)cc1NC(=O)Nc1cc(Cn2ccnc2-c2ccncc2)ccc1OC. The van der Waals surface area contributed by atoms with Crippen molar-refractivity contribution in [3.05, 3.63) is 83.4 Å². The van der Waals surface area contributed by atoms with Gasteiger partial charge in [0.15, 0.2) is 0 Å². The quantitative estimate of drug-likeness (QED) is 0.348. The van der Waals surface area contributed by atoms with E-state index in [-0.39, 0.29) is 0 Å². The maximum absolute atomic E-state index is 12.7. The molecule has 168 valence electrons. The van der Waals surface area contributed by atoms with Gasteiger partial charge >= 0.3 is 6.03 Å². The number of carbonyl (C=O) groups is 1. The third-order valence-corrected chi connectivity index (χ3v) is 5.42. The van der Waals surface area contributed by atoms with E-state index in [1.54, 1.807) is 44.9 Å². The van der Waals surface area contributed by atoms with Crippen LogP contribution in [-0.4, -0.2) is 34.8 Å². The minimum absolute atomic E-state index is 0.415. The van der Waals surface area contributed by atoms with E-state index in [2.05, 4.69) is 36.5 Å². The number of nitrogens with one attached hydrogen (secondary N) is 2. The van der Waals surface area contributed by atoms with Gasteiger partial charge in [-0.3, -0.25) is 4.98 Å². The van der Waals surface area contributed by atoms with Gasteiger partial charge < -0.3 is 24.7 Å². The Balaban J connectivity index is 1.54. The zero-order valence-corrected chi connectivity index (χ0v) is 19.7. The number of ether oxygens (including phenoxy) is 2. The number of carbonyl (C=O) groups excluding carboxylic acids is 1. The smallest absolute Gasteiger partial charge is 0.323 e. The first-order chi connectivity index (χ1) is 16.1. The van der Waals surface area contributed by atoms with Crippen LogP contribution in [0.5, 0.6) is 11.5 Å². The van der Waals surface area contributed by atoms with Crippen molar-refractivity contribution in [2.24, 2.45) is 0 Å². The molecular formula is C24H22BrN5O3. The molecule has 2 aromatic carbocycles. The number of pyridine rings is 1. The minimum atomic E-state index is -0.415. The molecule has 0 fully saturated rings. The third kappa shape index (κ3) is 5.32. The van der Waals surface area contributed by atoms with E-state index in [9.17, 15) is 4.79 Å². The Morgan fingerprint density at radius 2 is 1.61 bits per heavy atom. The predicted octanol–water partition coefficient (Wildman–Crippen LogP) is 5.42. The second kappa shape index (κ2) is 10.2.